The maximum atomic E-state index is 10.5. The number of carbonyl (C=O) groups is 1. The van der Waals surface area contributed by atoms with Gasteiger partial charge in [0, 0.05) is 16.8 Å². The zero-order valence-corrected chi connectivity index (χ0v) is 9.68. The molecular weight excluding hydrogens is 236 g/mol. The van der Waals surface area contributed by atoms with Gasteiger partial charge in [0.2, 0.25) is 0 Å². The average molecular weight is 246 g/mol. The molecule has 0 spiro atoms. The fourth-order valence-corrected chi connectivity index (χ4v) is 2.70. The monoisotopic (exact) mass is 246 g/mol. The quantitative estimate of drug-likeness (QED) is 0.780. The highest BCUT2D eigenvalue weighted by Gasteiger charge is 2.16. The summed E-state index contributed by atoms with van der Waals surface area (Å²) in [4.78, 5) is 25.9. The number of nitroso groups, excluding NO2 is 1. The number of aromatic nitrogens is 1. The van der Waals surface area contributed by atoms with Gasteiger partial charge in [0.15, 0.2) is 5.37 Å². The van der Waals surface area contributed by atoms with Gasteiger partial charge in [0.25, 0.3) is 0 Å². The minimum absolute atomic E-state index is 0.0288. The molecule has 0 saturated heterocycles. The molecule has 1 N–H and O–H groups in total. The Labute approximate surface area is 94.9 Å². The zero-order valence-electron chi connectivity index (χ0n) is 8.04. The molecule has 0 fully saturated rings. The fourth-order valence-electron chi connectivity index (χ4n) is 0.891. The largest absolute Gasteiger partial charge is 0.481 e. The van der Waals surface area contributed by atoms with Crippen molar-refractivity contribution in [2.45, 2.75) is 18.7 Å². The second-order valence-corrected chi connectivity index (χ2v) is 5.24. The van der Waals surface area contributed by atoms with E-state index in [2.05, 4.69) is 10.2 Å². The number of thiazole rings is 1. The molecule has 1 aromatic rings. The summed E-state index contributed by atoms with van der Waals surface area (Å²) >= 11 is 2.61. The molecule has 7 heteroatoms. The molecule has 1 aromatic heterocycles. The molecule has 1 atom stereocenters. The number of nitrogens with zero attached hydrogens (tertiary/aromatic N) is 2. The molecule has 1 unspecified atom stereocenters. The van der Waals surface area contributed by atoms with E-state index in [1.807, 2.05) is 6.92 Å². The van der Waals surface area contributed by atoms with Crippen molar-refractivity contribution < 1.29 is 9.90 Å². The summed E-state index contributed by atoms with van der Waals surface area (Å²) in [6, 6.07) is 0. The summed E-state index contributed by atoms with van der Waals surface area (Å²) in [5.74, 6) is -0.507. The smallest absolute Gasteiger partial charge is 0.304 e. The van der Waals surface area contributed by atoms with Crippen LogP contribution in [0.2, 0.25) is 0 Å². The molecule has 15 heavy (non-hydrogen) atoms. The van der Waals surface area contributed by atoms with Gasteiger partial charge in [-0.05, 0) is 12.1 Å². The van der Waals surface area contributed by atoms with Crippen LogP contribution in [0.1, 0.15) is 21.7 Å². The average Bonchev–Trinajstić information content (AvgIpc) is 2.59. The van der Waals surface area contributed by atoms with Gasteiger partial charge < -0.3 is 5.11 Å². The Hall–Kier alpha value is -0.950. The van der Waals surface area contributed by atoms with Crippen LogP contribution in [-0.2, 0) is 4.79 Å². The summed E-state index contributed by atoms with van der Waals surface area (Å²) in [5, 5.41) is 11.4. The Morgan fingerprint density at radius 1 is 1.80 bits per heavy atom. The molecular formula is C8H10N2O3S2. The highest BCUT2D eigenvalue weighted by Crippen LogP contribution is 2.32. The van der Waals surface area contributed by atoms with Gasteiger partial charge in [-0.25, -0.2) is 4.98 Å². The molecule has 0 bridgehead atoms. The highest BCUT2D eigenvalue weighted by atomic mass is 32.2. The van der Waals surface area contributed by atoms with E-state index in [0.717, 1.165) is 4.88 Å². The topological polar surface area (TPSA) is 79.6 Å². The lowest BCUT2D eigenvalue weighted by Crippen LogP contribution is -1.98. The van der Waals surface area contributed by atoms with Crippen LogP contribution in [0.15, 0.2) is 11.4 Å². The van der Waals surface area contributed by atoms with Crippen molar-refractivity contribution in [3.05, 3.63) is 21.0 Å². The third-order valence-electron chi connectivity index (χ3n) is 1.54. The first-order chi connectivity index (χ1) is 7.13. The van der Waals surface area contributed by atoms with Gasteiger partial charge in [-0.2, -0.15) is 0 Å². The van der Waals surface area contributed by atoms with Crippen molar-refractivity contribution in [3.63, 3.8) is 0 Å². The summed E-state index contributed by atoms with van der Waals surface area (Å²) in [7, 11) is 0. The molecule has 5 nitrogen and oxygen atoms in total. The number of aryl methyl sites for hydroxylation is 1. The molecule has 0 radical (unpaired) electrons. The molecule has 0 aliphatic rings. The van der Waals surface area contributed by atoms with Gasteiger partial charge in [0.1, 0.15) is 5.01 Å². The number of hydrogen-bond donors (Lipinski definition) is 1. The van der Waals surface area contributed by atoms with E-state index in [-0.39, 0.29) is 6.42 Å². The van der Waals surface area contributed by atoms with E-state index >= 15 is 0 Å². The molecule has 0 aliphatic heterocycles. The van der Waals surface area contributed by atoms with E-state index in [1.165, 1.54) is 23.1 Å². The first kappa shape index (κ1) is 12.1. The summed E-state index contributed by atoms with van der Waals surface area (Å²) in [5.41, 5.74) is 0. The normalized spacial score (nSPS) is 12.3. The lowest BCUT2D eigenvalue weighted by Gasteiger charge is -2.03. The zero-order chi connectivity index (χ0) is 11.3. The predicted molar refractivity (Wildman–Crippen MR) is 60.1 cm³/mol. The van der Waals surface area contributed by atoms with Crippen LogP contribution in [0.5, 0.6) is 0 Å². The number of carboxylic acids is 1. The number of hydrogen-bond acceptors (Lipinski definition) is 6. The van der Waals surface area contributed by atoms with Crippen molar-refractivity contribution in [3.8, 4) is 0 Å². The molecule has 1 rings (SSSR count). The Kier molecular flexibility index (Phi) is 4.70. The van der Waals surface area contributed by atoms with Gasteiger partial charge >= 0.3 is 5.97 Å². The van der Waals surface area contributed by atoms with Crippen molar-refractivity contribution in [2.75, 3.05) is 5.75 Å². The van der Waals surface area contributed by atoms with Crippen LogP contribution in [0.3, 0.4) is 0 Å². The van der Waals surface area contributed by atoms with Crippen molar-refractivity contribution >= 4 is 29.1 Å². The standard InChI is InChI=1S/C8H10N2O3S2/c1-5-4-9-7(15-5)8(10-13)14-3-2-6(11)12/h4,8H,2-3H2,1H3,(H,11,12). The van der Waals surface area contributed by atoms with E-state index in [9.17, 15) is 9.70 Å². The van der Waals surface area contributed by atoms with E-state index < -0.39 is 11.3 Å². The number of carboxylic acid groups (broad SMARTS) is 1. The second kappa shape index (κ2) is 5.82. The maximum absolute atomic E-state index is 10.5. The maximum Gasteiger partial charge on any atom is 0.304 e. The molecule has 0 aliphatic carbocycles. The SMILES string of the molecule is Cc1cnc(C(N=O)SCCC(=O)O)s1. The fraction of sp³-hybridized carbons (Fsp3) is 0.500. The Morgan fingerprint density at radius 3 is 3.00 bits per heavy atom. The van der Waals surface area contributed by atoms with Gasteiger partial charge in [0.05, 0.1) is 6.42 Å². The predicted octanol–water partition coefficient (Wildman–Crippen LogP) is 2.42. The third kappa shape index (κ3) is 3.96. The van der Waals surface area contributed by atoms with Gasteiger partial charge in [-0.3, -0.25) is 4.79 Å². The van der Waals surface area contributed by atoms with Crippen molar-refractivity contribution in [1.29, 1.82) is 0 Å². The molecule has 0 aromatic carbocycles. The molecule has 82 valence electrons. The lowest BCUT2D eigenvalue weighted by molar-refractivity contribution is -0.136. The summed E-state index contributed by atoms with van der Waals surface area (Å²) in [6.07, 6.45) is 1.71. The Morgan fingerprint density at radius 2 is 2.53 bits per heavy atom. The third-order valence-corrected chi connectivity index (χ3v) is 3.72. The van der Waals surface area contributed by atoms with Crippen LogP contribution in [0.4, 0.5) is 0 Å². The highest BCUT2D eigenvalue weighted by molar-refractivity contribution is 7.99. The summed E-state index contributed by atoms with van der Waals surface area (Å²) < 4.78 is 0. The van der Waals surface area contributed by atoms with E-state index in [1.54, 1.807) is 6.20 Å². The van der Waals surface area contributed by atoms with Crippen LogP contribution >= 0.6 is 23.1 Å². The first-order valence-electron chi connectivity index (χ1n) is 4.21. The molecule has 0 amide bonds. The van der Waals surface area contributed by atoms with Crippen LogP contribution < -0.4 is 0 Å². The lowest BCUT2D eigenvalue weighted by atomic mass is 10.5. The number of rotatable bonds is 6. The van der Waals surface area contributed by atoms with Crippen LogP contribution in [0.25, 0.3) is 0 Å². The Bertz CT molecular complexity index is 353. The number of thioether (sulfide) groups is 1. The molecule has 1 heterocycles. The van der Waals surface area contributed by atoms with Gasteiger partial charge in [-0.15, -0.1) is 28.0 Å². The number of aliphatic carboxylic acids is 1. The van der Waals surface area contributed by atoms with Gasteiger partial charge in [-0.1, -0.05) is 0 Å². The molecule has 0 saturated carbocycles. The minimum atomic E-state index is -0.873. The van der Waals surface area contributed by atoms with Crippen molar-refractivity contribution in [1.82, 2.24) is 4.98 Å². The minimum Gasteiger partial charge on any atom is -0.481 e. The summed E-state index contributed by atoms with van der Waals surface area (Å²) in [6.45, 7) is 1.89. The van der Waals surface area contributed by atoms with E-state index in [4.69, 9.17) is 5.11 Å². The Balaban J connectivity index is 2.49. The second-order valence-electron chi connectivity index (χ2n) is 2.78. The van der Waals surface area contributed by atoms with E-state index in [0.29, 0.717) is 10.8 Å². The van der Waals surface area contributed by atoms with Crippen LogP contribution in [0, 0.1) is 11.8 Å². The van der Waals surface area contributed by atoms with Crippen molar-refractivity contribution in [2.24, 2.45) is 5.18 Å². The van der Waals surface area contributed by atoms with Crippen LogP contribution in [-0.4, -0.2) is 21.8 Å². The first-order valence-corrected chi connectivity index (χ1v) is 6.08.